The minimum absolute atomic E-state index is 0.0208. The van der Waals surface area contributed by atoms with Crippen LogP contribution < -0.4 is 10.1 Å². The smallest absolute Gasteiger partial charge is 0.387 e. The number of pyridine rings is 1. The minimum Gasteiger partial charge on any atom is -0.433 e. The summed E-state index contributed by atoms with van der Waals surface area (Å²) in [5.41, 5.74) is 1.55. The highest BCUT2D eigenvalue weighted by atomic mass is 19.3. The predicted octanol–water partition coefficient (Wildman–Crippen LogP) is 2.58. The van der Waals surface area contributed by atoms with Crippen molar-refractivity contribution in [3.8, 4) is 11.6 Å². The molecule has 0 aliphatic heterocycles. The van der Waals surface area contributed by atoms with E-state index in [1.165, 1.54) is 12.3 Å². The van der Waals surface area contributed by atoms with Crippen molar-refractivity contribution in [2.45, 2.75) is 20.1 Å². The second kappa shape index (κ2) is 6.99. The van der Waals surface area contributed by atoms with E-state index in [9.17, 15) is 8.78 Å². The highest BCUT2D eigenvalue weighted by Gasteiger charge is 2.05. The average Bonchev–Trinajstić information content (AvgIpc) is 3.01. The minimum atomic E-state index is -2.86. The summed E-state index contributed by atoms with van der Waals surface area (Å²) < 4.78 is 30.0. The maximum absolute atomic E-state index is 12.1. The lowest BCUT2D eigenvalue weighted by Crippen LogP contribution is -2.07. The average molecular weight is 332 g/mol. The lowest BCUT2D eigenvalue weighted by Gasteiger charge is -2.07. The van der Waals surface area contributed by atoms with Crippen LogP contribution in [0.25, 0.3) is 5.82 Å². The highest BCUT2D eigenvalue weighted by molar-refractivity contribution is 5.36. The van der Waals surface area contributed by atoms with Gasteiger partial charge >= 0.3 is 6.61 Å². The zero-order chi connectivity index (χ0) is 16.9. The van der Waals surface area contributed by atoms with E-state index in [0.717, 1.165) is 5.69 Å². The molecule has 0 unspecified atom stereocenters. The van der Waals surface area contributed by atoms with Gasteiger partial charge in [-0.2, -0.15) is 13.9 Å². The molecule has 0 aliphatic rings. The largest absolute Gasteiger partial charge is 0.433 e. The Morgan fingerprint density at radius 3 is 2.62 bits per heavy atom. The van der Waals surface area contributed by atoms with Crippen molar-refractivity contribution < 1.29 is 13.5 Å². The molecule has 124 valence electrons. The standard InChI is InChI=1S/C15H14F2N6O/c1-10-6-7-23(22-10)14-5-4-13(20-21-14)19-8-11-2-3-12(9-18-11)24-15(16)17/h2-7,9,15H,8H2,1H3,(H,19,20). The van der Waals surface area contributed by atoms with Crippen LogP contribution in [-0.4, -0.2) is 31.6 Å². The zero-order valence-corrected chi connectivity index (χ0v) is 12.7. The van der Waals surface area contributed by atoms with Gasteiger partial charge in [0.1, 0.15) is 11.6 Å². The number of nitrogens with zero attached hydrogens (tertiary/aromatic N) is 5. The number of hydrogen-bond donors (Lipinski definition) is 1. The van der Waals surface area contributed by atoms with Gasteiger partial charge in [-0.1, -0.05) is 0 Å². The summed E-state index contributed by atoms with van der Waals surface area (Å²) >= 11 is 0. The fourth-order valence-corrected chi connectivity index (χ4v) is 1.95. The van der Waals surface area contributed by atoms with Crippen LogP contribution in [0.4, 0.5) is 14.6 Å². The van der Waals surface area contributed by atoms with E-state index < -0.39 is 6.61 Å². The first-order chi connectivity index (χ1) is 11.6. The molecule has 0 radical (unpaired) electrons. The number of halogens is 2. The van der Waals surface area contributed by atoms with Crippen molar-refractivity contribution in [2.75, 3.05) is 5.32 Å². The molecular weight excluding hydrogens is 318 g/mol. The first-order valence-electron chi connectivity index (χ1n) is 7.10. The molecule has 9 heteroatoms. The van der Waals surface area contributed by atoms with E-state index in [1.54, 1.807) is 29.1 Å². The van der Waals surface area contributed by atoms with Crippen LogP contribution in [0.1, 0.15) is 11.4 Å². The fourth-order valence-electron chi connectivity index (χ4n) is 1.95. The van der Waals surface area contributed by atoms with Gasteiger partial charge in [0.05, 0.1) is 24.1 Å². The van der Waals surface area contributed by atoms with Gasteiger partial charge in [-0.25, -0.2) is 4.68 Å². The molecule has 0 atom stereocenters. The second-order valence-electron chi connectivity index (χ2n) is 4.90. The van der Waals surface area contributed by atoms with Gasteiger partial charge in [-0.05, 0) is 37.3 Å². The number of alkyl halides is 2. The summed E-state index contributed by atoms with van der Waals surface area (Å²) in [7, 11) is 0. The van der Waals surface area contributed by atoms with Gasteiger partial charge in [-0.3, -0.25) is 4.98 Å². The molecule has 0 fully saturated rings. The number of aromatic nitrogens is 5. The molecule has 3 rings (SSSR count). The van der Waals surface area contributed by atoms with E-state index in [2.05, 4.69) is 30.3 Å². The number of nitrogens with one attached hydrogen (secondary N) is 1. The van der Waals surface area contributed by atoms with Gasteiger partial charge in [0.25, 0.3) is 0 Å². The molecule has 3 aromatic heterocycles. The molecule has 7 nitrogen and oxygen atoms in total. The van der Waals surface area contributed by atoms with Crippen LogP contribution in [0.3, 0.4) is 0 Å². The number of aryl methyl sites for hydroxylation is 1. The van der Waals surface area contributed by atoms with Crippen LogP contribution in [0.5, 0.6) is 5.75 Å². The van der Waals surface area contributed by atoms with Crippen molar-refractivity contribution in [3.63, 3.8) is 0 Å². The predicted molar refractivity (Wildman–Crippen MR) is 82.1 cm³/mol. The Morgan fingerprint density at radius 1 is 1.17 bits per heavy atom. The lowest BCUT2D eigenvalue weighted by molar-refractivity contribution is -0.0500. The number of ether oxygens (including phenoxy) is 1. The third-order valence-electron chi connectivity index (χ3n) is 3.08. The van der Waals surface area contributed by atoms with Gasteiger partial charge in [0.15, 0.2) is 5.82 Å². The summed E-state index contributed by atoms with van der Waals surface area (Å²) in [6.45, 7) is -0.586. The van der Waals surface area contributed by atoms with Crippen molar-refractivity contribution in [1.82, 2.24) is 25.0 Å². The molecule has 0 saturated carbocycles. The molecule has 24 heavy (non-hydrogen) atoms. The van der Waals surface area contributed by atoms with Crippen LogP contribution in [-0.2, 0) is 6.54 Å². The lowest BCUT2D eigenvalue weighted by atomic mass is 10.3. The Labute approximate surface area is 136 Å². The van der Waals surface area contributed by atoms with Gasteiger partial charge in [-0.15, -0.1) is 10.2 Å². The Balaban J connectivity index is 1.58. The third-order valence-corrected chi connectivity index (χ3v) is 3.08. The first kappa shape index (κ1) is 15.8. The van der Waals surface area contributed by atoms with Crippen LogP contribution in [0.15, 0.2) is 42.7 Å². The first-order valence-corrected chi connectivity index (χ1v) is 7.10. The van der Waals surface area contributed by atoms with E-state index in [-0.39, 0.29) is 5.75 Å². The molecule has 0 spiro atoms. The van der Waals surface area contributed by atoms with Crippen molar-refractivity contribution in [1.29, 1.82) is 0 Å². The van der Waals surface area contributed by atoms with Gasteiger partial charge < -0.3 is 10.1 Å². The molecule has 0 bridgehead atoms. The van der Waals surface area contributed by atoms with Crippen LogP contribution in [0.2, 0.25) is 0 Å². The summed E-state index contributed by atoms with van der Waals surface area (Å²) in [6, 6.07) is 8.47. The molecule has 3 aromatic rings. The maximum atomic E-state index is 12.1. The van der Waals surface area contributed by atoms with Crippen molar-refractivity contribution in [2.24, 2.45) is 0 Å². The van der Waals surface area contributed by atoms with Crippen LogP contribution in [0, 0.1) is 6.92 Å². The molecule has 0 amide bonds. The van der Waals surface area contributed by atoms with Gasteiger partial charge in [0, 0.05) is 6.20 Å². The Morgan fingerprint density at radius 2 is 2.04 bits per heavy atom. The third kappa shape index (κ3) is 4.00. The number of anilines is 1. The number of rotatable bonds is 6. The molecule has 0 saturated heterocycles. The van der Waals surface area contributed by atoms with E-state index in [4.69, 9.17) is 0 Å². The van der Waals surface area contributed by atoms with Crippen molar-refractivity contribution >= 4 is 5.82 Å². The highest BCUT2D eigenvalue weighted by Crippen LogP contribution is 2.13. The summed E-state index contributed by atoms with van der Waals surface area (Å²) in [6.07, 6.45) is 3.05. The number of hydrogen-bond acceptors (Lipinski definition) is 6. The Bertz CT molecular complexity index is 788. The van der Waals surface area contributed by atoms with Gasteiger partial charge in [0.2, 0.25) is 0 Å². The zero-order valence-electron chi connectivity index (χ0n) is 12.7. The summed E-state index contributed by atoms with van der Waals surface area (Å²) in [5.74, 6) is 1.20. The summed E-state index contributed by atoms with van der Waals surface area (Å²) in [4.78, 5) is 4.03. The molecule has 3 heterocycles. The normalized spacial score (nSPS) is 10.8. The summed E-state index contributed by atoms with van der Waals surface area (Å²) in [5, 5.41) is 15.4. The topological polar surface area (TPSA) is 77.8 Å². The monoisotopic (exact) mass is 332 g/mol. The second-order valence-corrected chi connectivity index (χ2v) is 4.90. The quantitative estimate of drug-likeness (QED) is 0.747. The maximum Gasteiger partial charge on any atom is 0.387 e. The fraction of sp³-hybridized carbons (Fsp3) is 0.200. The van der Waals surface area contributed by atoms with E-state index in [0.29, 0.717) is 23.9 Å². The van der Waals surface area contributed by atoms with E-state index >= 15 is 0 Å². The Hall–Kier alpha value is -3.10. The Kier molecular flexibility index (Phi) is 4.59. The van der Waals surface area contributed by atoms with Crippen LogP contribution >= 0.6 is 0 Å². The molecule has 1 N–H and O–H groups in total. The molecule has 0 aliphatic carbocycles. The molecule has 0 aromatic carbocycles. The molecular formula is C15H14F2N6O. The SMILES string of the molecule is Cc1ccn(-c2ccc(NCc3ccc(OC(F)F)cn3)nn2)n1. The van der Waals surface area contributed by atoms with Crippen molar-refractivity contribution in [3.05, 3.63) is 54.1 Å². The van der Waals surface area contributed by atoms with E-state index in [1.807, 2.05) is 13.0 Å².